The number of halogens is 2. The van der Waals surface area contributed by atoms with Gasteiger partial charge in [-0.25, -0.2) is 0 Å². The van der Waals surface area contributed by atoms with Gasteiger partial charge in [0, 0.05) is 24.6 Å². The summed E-state index contributed by atoms with van der Waals surface area (Å²) in [6.45, 7) is 4.07. The summed E-state index contributed by atoms with van der Waals surface area (Å²) >= 11 is 0. The van der Waals surface area contributed by atoms with Crippen molar-refractivity contribution in [2.24, 2.45) is 11.5 Å². The van der Waals surface area contributed by atoms with Crippen molar-refractivity contribution >= 4 is 46.4 Å². The summed E-state index contributed by atoms with van der Waals surface area (Å²) in [4.78, 5) is 0. The van der Waals surface area contributed by atoms with Crippen LogP contribution in [0.15, 0.2) is 0 Å². The first-order chi connectivity index (χ1) is 6.91. The van der Waals surface area contributed by atoms with Gasteiger partial charge in [-0.15, -0.1) is 24.8 Å². The van der Waals surface area contributed by atoms with E-state index in [1.807, 2.05) is 0 Å². The summed E-state index contributed by atoms with van der Waals surface area (Å²) in [5, 5.41) is 0. The summed E-state index contributed by atoms with van der Waals surface area (Å²) in [5.74, 6) is 2.00. The molecule has 16 heavy (non-hydrogen) atoms. The summed E-state index contributed by atoms with van der Waals surface area (Å²) in [7, 11) is 3.60. The molecule has 0 aliphatic carbocycles. The van der Waals surface area contributed by atoms with Crippen molar-refractivity contribution in [1.29, 1.82) is 0 Å². The summed E-state index contributed by atoms with van der Waals surface area (Å²) in [6, 6.07) is 0. The van der Waals surface area contributed by atoms with Crippen LogP contribution in [0.1, 0.15) is 0 Å². The van der Waals surface area contributed by atoms with Gasteiger partial charge in [0.15, 0.2) is 0 Å². The third-order valence-corrected chi connectivity index (χ3v) is 3.56. The van der Waals surface area contributed by atoms with Gasteiger partial charge in [0.25, 0.3) is 0 Å². The minimum Gasteiger partial charge on any atom is -0.379 e. The second-order valence-electron chi connectivity index (χ2n) is 2.45. The number of ether oxygens (including phenoxy) is 2. The Hall–Kier alpha value is 1.12. The van der Waals surface area contributed by atoms with Crippen LogP contribution in [-0.2, 0) is 9.47 Å². The van der Waals surface area contributed by atoms with E-state index in [1.54, 1.807) is 21.6 Å². The molecule has 0 radical (unpaired) electrons. The fourth-order valence-corrected chi connectivity index (χ4v) is 2.40. The first-order valence-electron chi connectivity index (χ1n) is 4.72. The summed E-state index contributed by atoms with van der Waals surface area (Å²) in [6.07, 6.45) is 0. The lowest BCUT2D eigenvalue weighted by Crippen LogP contribution is -2.10. The lowest BCUT2D eigenvalue weighted by molar-refractivity contribution is 0.157. The van der Waals surface area contributed by atoms with Crippen molar-refractivity contribution in [2.45, 2.75) is 0 Å². The van der Waals surface area contributed by atoms with Crippen LogP contribution in [0.25, 0.3) is 0 Å². The molecule has 0 aromatic rings. The van der Waals surface area contributed by atoms with Crippen LogP contribution in [0.5, 0.6) is 0 Å². The van der Waals surface area contributed by atoms with Crippen LogP contribution in [0.2, 0.25) is 0 Å². The highest BCUT2D eigenvalue weighted by Crippen LogP contribution is 2.19. The molecule has 0 aliphatic rings. The molecule has 0 bridgehead atoms. The van der Waals surface area contributed by atoms with E-state index in [4.69, 9.17) is 20.9 Å². The summed E-state index contributed by atoms with van der Waals surface area (Å²) < 4.78 is 10.4. The predicted octanol–water partition coefficient (Wildman–Crippen LogP) is 1.16. The Bertz CT molecular complexity index is 106. The molecule has 0 aromatic carbocycles. The van der Waals surface area contributed by atoms with E-state index < -0.39 is 0 Å². The normalized spacial score (nSPS) is 9.38. The minimum absolute atomic E-state index is 0. The zero-order valence-corrected chi connectivity index (χ0v) is 12.5. The Kier molecular flexibility index (Phi) is 29.9. The van der Waals surface area contributed by atoms with Crippen LogP contribution in [-0.4, -0.2) is 51.0 Å². The average Bonchev–Trinajstić information content (AvgIpc) is 2.21. The van der Waals surface area contributed by atoms with E-state index in [9.17, 15) is 0 Å². The highest BCUT2D eigenvalue weighted by Gasteiger charge is 1.91. The van der Waals surface area contributed by atoms with Crippen molar-refractivity contribution in [3.05, 3.63) is 0 Å². The second-order valence-corrected chi connectivity index (χ2v) is 5.15. The lowest BCUT2D eigenvalue weighted by atomic mass is 10.7. The molecule has 0 saturated carbocycles. The Labute approximate surface area is 118 Å². The Morgan fingerprint density at radius 3 is 1.38 bits per heavy atom. The number of nitrogens with two attached hydrogens (primary N) is 2. The van der Waals surface area contributed by atoms with Crippen LogP contribution in [0.3, 0.4) is 0 Å². The van der Waals surface area contributed by atoms with Crippen molar-refractivity contribution in [1.82, 2.24) is 0 Å². The van der Waals surface area contributed by atoms with Crippen LogP contribution < -0.4 is 11.5 Å². The first-order valence-corrected chi connectivity index (χ1v) is 7.20. The van der Waals surface area contributed by atoms with Gasteiger partial charge in [0.2, 0.25) is 0 Å². The van der Waals surface area contributed by atoms with E-state index in [1.165, 1.54) is 0 Å². The van der Waals surface area contributed by atoms with Crippen LogP contribution in [0.4, 0.5) is 0 Å². The zero-order valence-electron chi connectivity index (χ0n) is 9.26. The molecular formula is C8H22Cl2N2O2S2. The molecule has 4 N–H and O–H groups in total. The third kappa shape index (κ3) is 20.5. The fraction of sp³-hybridized carbons (Fsp3) is 1.00. The fourth-order valence-electron chi connectivity index (χ4n) is 0.675. The molecule has 0 aliphatic heterocycles. The largest absolute Gasteiger partial charge is 0.379 e. The second kappa shape index (κ2) is 21.4. The van der Waals surface area contributed by atoms with E-state index in [0.29, 0.717) is 26.3 Å². The standard InChI is InChI=1S/C8H20N2O2S2.2ClH/c9-1-3-11-5-7-13-14-8-6-12-4-2-10;;/h1-10H2;2*1H. The van der Waals surface area contributed by atoms with E-state index >= 15 is 0 Å². The predicted molar refractivity (Wildman–Crippen MR) is 79.2 cm³/mol. The molecule has 8 heteroatoms. The van der Waals surface area contributed by atoms with Crippen molar-refractivity contribution in [3.63, 3.8) is 0 Å². The summed E-state index contributed by atoms with van der Waals surface area (Å²) in [5.41, 5.74) is 10.5. The quantitative estimate of drug-likeness (QED) is 0.441. The van der Waals surface area contributed by atoms with Crippen molar-refractivity contribution in [2.75, 3.05) is 51.0 Å². The van der Waals surface area contributed by atoms with Gasteiger partial charge in [-0.05, 0) is 0 Å². The van der Waals surface area contributed by atoms with E-state index in [2.05, 4.69) is 0 Å². The van der Waals surface area contributed by atoms with Crippen LogP contribution in [0, 0.1) is 0 Å². The van der Waals surface area contributed by atoms with Crippen molar-refractivity contribution < 1.29 is 9.47 Å². The molecule has 0 atom stereocenters. The molecular weight excluding hydrogens is 291 g/mol. The average molecular weight is 313 g/mol. The SMILES string of the molecule is Cl.Cl.NCCOCCSSCCOCCN. The minimum atomic E-state index is 0. The zero-order chi connectivity index (χ0) is 10.5. The highest BCUT2D eigenvalue weighted by molar-refractivity contribution is 8.76. The maximum Gasteiger partial charge on any atom is 0.0589 e. The van der Waals surface area contributed by atoms with Gasteiger partial charge < -0.3 is 20.9 Å². The smallest absolute Gasteiger partial charge is 0.0589 e. The molecule has 102 valence electrons. The first kappa shape index (κ1) is 22.3. The van der Waals surface area contributed by atoms with Gasteiger partial charge >= 0.3 is 0 Å². The van der Waals surface area contributed by atoms with Crippen LogP contribution >= 0.6 is 46.4 Å². The van der Waals surface area contributed by atoms with E-state index in [0.717, 1.165) is 24.7 Å². The molecule has 0 heterocycles. The Morgan fingerprint density at radius 2 is 1.06 bits per heavy atom. The molecule has 4 nitrogen and oxygen atoms in total. The van der Waals surface area contributed by atoms with Gasteiger partial charge in [-0.1, -0.05) is 21.6 Å². The molecule has 0 fully saturated rings. The monoisotopic (exact) mass is 312 g/mol. The highest BCUT2D eigenvalue weighted by atomic mass is 35.5. The molecule has 0 rings (SSSR count). The van der Waals surface area contributed by atoms with Gasteiger partial charge in [0.1, 0.15) is 0 Å². The van der Waals surface area contributed by atoms with E-state index in [-0.39, 0.29) is 24.8 Å². The molecule has 0 saturated heterocycles. The van der Waals surface area contributed by atoms with Gasteiger partial charge in [0.05, 0.1) is 26.4 Å². The topological polar surface area (TPSA) is 70.5 Å². The maximum absolute atomic E-state index is 5.27. The van der Waals surface area contributed by atoms with Gasteiger partial charge in [-0.2, -0.15) is 0 Å². The molecule has 0 unspecified atom stereocenters. The molecule has 0 aromatic heterocycles. The Balaban J connectivity index is -0.000000845. The Morgan fingerprint density at radius 1 is 0.688 bits per heavy atom. The third-order valence-electron chi connectivity index (χ3n) is 1.23. The lowest BCUT2D eigenvalue weighted by Gasteiger charge is -2.03. The molecule has 0 spiro atoms. The van der Waals surface area contributed by atoms with Gasteiger partial charge in [-0.3, -0.25) is 0 Å². The number of hydrogen-bond acceptors (Lipinski definition) is 6. The maximum atomic E-state index is 5.27. The molecule has 0 amide bonds. The number of hydrogen-bond donors (Lipinski definition) is 2. The van der Waals surface area contributed by atoms with Crippen molar-refractivity contribution in [3.8, 4) is 0 Å². The number of rotatable bonds is 11.